The van der Waals surface area contributed by atoms with Crippen molar-refractivity contribution in [1.82, 2.24) is 0 Å². The molecule has 0 aliphatic carbocycles. The maximum Gasteiger partial charge on any atom is 0.221 e. The van der Waals surface area contributed by atoms with Crippen molar-refractivity contribution in [2.45, 2.75) is 13.8 Å². The number of amides is 1. The zero-order valence-corrected chi connectivity index (χ0v) is 10.4. The Balaban J connectivity index is 2.75. The van der Waals surface area contributed by atoms with Crippen molar-refractivity contribution in [3.63, 3.8) is 0 Å². The highest BCUT2D eigenvalue weighted by atomic mass is 16.5. The van der Waals surface area contributed by atoms with Gasteiger partial charge in [0.15, 0.2) is 22.9 Å². The molecule has 0 aliphatic heterocycles. The fraction of sp³-hybridized carbons (Fsp3) is 0.231. The average Bonchev–Trinajstić information content (AvgIpc) is 2.67. The molecule has 0 saturated heterocycles. The Kier molecular flexibility index (Phi) is 3.06. The van der Waals surface area contributed by atoms with Crippen LogP contribution in [-0.2, 0) is 4.79 Å². The number of Topliss-reactive ketones (excluding diaryl/α,β-unsaturated/α-hetero) is 1. The maximum absolute atomic E-state index is 11.5. The van der Waals surface area contributed by atoms with Crippen LogP contribution in [0.5, 0.6) is 5.75 Å². The standard InChI is InChI=1S/C13H13NO4/c1-7(15)12-11(14-8(2)16)9-5-4-6-10(17-3)13(9)18-12/h4-6H,1-3H3,(H,14,16). The van der Waals surface area contributed by atoms with Crippen molar-refractivity contribution in [1.29, 1.82) is 0 Å². The van der Waals surface area contributed by atoms with Crippen LogP contribution < -0.4 is 10.1 Å². The van der Waals surface area contributed by atoms with Crippen LogP contribution in [0.15, 0.2) is 22.6 Å². The minimum Gasteiger partial charge on any atom is -0.493 e. The predicted octanol–water partition coefficient (Wildman–Crippen LogP) is 2.60. The van der Waals surface area contributed by atoms with E-state index < -0.39 is 0 Å². The van der Waals surface area contributed by atoms with E-state index in [1.54, 1.807) is 18.2 Å². The summed E-state index contributed by atoms with van der Waals surface area (Å²) in [6.07, 6.45) is 0. The molecule has 18 heavy (non-hydrogen) atoms. The lowest BCUT2D eigenvalue weighted by Gasteiger charge is -2.01. The first-order chi connectivity index (χ1) is 8.54. The second kappa shape index (κ2) is 4.52. The number of methoxy groups -OCH3 is 1. The third-order valence-electron chi connectivity index (χ3n) is 2.52. The van der Waals surface area contributed by atoms with Gasteiger partial charge >= 0.3 is 0 Å². The molecule has 0 radical (unpaired) electrons. The molecule has 0 spiro atoms. The van der Waals surface area contributed by atoms with E-state index in [1.165, 1.54) is 21.0 Å². The zero-order valence-electron chi connectivity index (χ0n) is 10.4. The Hall–Kier alpha value is -2.30. The van der Waals surface area contributed by atoms with Gasteiger partial charge in [-0.1, -0.05) is 6.07 Å². The average molecular weight is 247 g/mol. The van der Waals surface area contributed by atoms with E-state index >= 15 is 0 Å². The molecule has 1 N–H and O–H groups in total. The van der Waals surface area contributed by atoms with E-state index in [0.29, 0.717) is 22.4 Å². The Morgan fingerprint density at radius 3 is 2.56 bits per heavy atom. The normalized spacial score (nSPS) is 10.4. The van der Waals surface area contributed by atoms with Crippen LogP contribution in [0.25, 0.3) is 11.0 Å². The number of para-hydroxylation sites is 1. The summed E-state index contributed by atoms with van der Waals surface area (Å²) >= 11 is 0. The van der Waals surface area contributed by atoms with Crippen molar-refractivity contribution >= 4 is 28.3 Å². The van der Waals surface area contributed by atoms with Crippen molar-refractivity contribution in [3.8, 4) is 5.75 Å². The highest BCUT2D eigenvalue weighted by Gasteiger charge is 2.20. The molecule has 1 heterocycles. The van der Waals surface area contributed by atoms with E-state index in [4.69, 9.17) is 9.15 Å². The number of anilines is 1. The van der Waals surface area contributed by atoms with Crippen LogP contribution in [0.2, 0.25) is 0 Å². The molecule has 0 aliphatic rings. The summed E-state index contributed by atoms with van der Waals surface area (Å²) in [5.41, 5.74) is 0.845. The van der Waals surface area contributed by atoms with Crippen LogP contribution in [-0.4, -0.2) is 18.8 Å². The first kappa shape index (κ1) is 12.2. The summed E-state index contributed by atoms with van der Waals surface area (Å²) in [5.74, 6) is 0.135. The van der Waals surface area contributed by atoms with E-state index in [1.807, 2.05) is 0 Å². The molecule has 94 valence electrons. The van der Waals surface area contributed by atoms with Crippen LogP contribution in [0.3, 0.4) is 0 Å². The molecule has 1 aromatic heterocycles. The molecule has 1 amide bonds. The number of fused-ring (bicyclic) bond motifs is 1. The summed E-state index contributed by atoms with van der Waals surface area (Å²) in [4.78, 5) is 22.7. The van der Waals surface area contributed by atoms with Crippen LogP contribution in [0.4, 0.5) is 5.69 Å². The first-order valence-electron chi connectivity index (χ1n) is 5.42. The summed E-state index contributed by atoms with van der Waals surface area (Å²) in [5, 5.41) is 3.27. The van der Waals surface area contributed by atoms with Crippen molar-refractivity contribution in [2.24, 2.45) is 0 Å². The second-order valence-corrected chi connectivity index (χ2v) is 3.88. The smallest absolute Gasteiger partial charge is 0.221 e. The van der Waals surface area contributed by atoms with Gasteiger partial charge in [-0.2, -0.15) is 0 Å². The number of hydrogen-bond donors (Lipinski definition) is 1. The van der Waals surface area contributed by atoms with Gasteiger partial charge in [-0.25, -0.2) is 0 Å². The summed E-state index contributed by atoms with van der Waals surface area (Å²) in [6, 6.07) is 5.26. The van der Waals surface area contributed by atoms with Gasteiger partial charge in [0, 0.05) is 19.2 Å². The Morgan fingerprint density at radius 2 is 2.00 bits per heavy atom. The largest absolute Gasteiger partial charge is 0.493 e. The van der Waals surface area contributed by atoms with Crippen LogP contribution in [0.1, 0.15) is 24.4 Å². The third kappa shape index (κ3) is 1.95. The Bertz CT molecular complexity index is 627. The zero-order chi connectivity index (χ0) is 13.3. The van der Waals surface area contributed by atoms with E-state index in [-0.39, 0.29) is 17.5 Å². The first-order valence-corrected chi connectivity index (χ1v) is 5.42. The van der Waals surface area contributed by atoms with E-state index in [2.05, 4.69) is 5.32 Å². The van der Waals surface area contributed by atoms with Gasteiger partial charge in [0.2, 0.25) is 5.91 Å². The highest BCUT2D eigenvalue weighted by molar-refractivity contribution is 6.11. The summed E-state index contributed by atoms with van der Waals surface area (Å²) in [6.45, 7) is 2.76. The molecular formula is C13H13NO4. The number of carbonyl (C=O) groups is 2. The lowest BCUT2D eigenvalue weighted by atomic mass is 10.2. The number of ketones is 1. The Labute approximate surface area is 104 Å². The predicted molar refractivity (Wildman–Crippen MR) is 67.1 cm³/mol. The lowest BCUT2D eigenvalue weighted by Crippen LogP contribution is -2.08. The summed E-state index contributed by atoms with van der Waals surface area (Å²) < 4.78 is 10.7. The van der Waals surface area contributed by atoms with Gasteiger partial charge in [0.25, 0.3) is 0 Å². The molecule has 2 aromatic rings. The van der Waals surface area contributed by atoms with Gasteiger partial charge in [-0.15, -0.1) is 0 Å². The molecule has 5 nitrogen and oxygen atoms in total. The maximum atomic E-state index is 11.5. The van der Waals surface area contributed by atoms with Crippen molar-refractivity contribution in [2.75, 3.05) is 12.4 Å². The van der Waals surface area contributed by atoms with Crippen molar-refractivity contribution in [3.05, 3.63) is 24.0 Å². The molecular weight excluding hydrogens is 234 g/mol. The number of hydrogen-bond acceptors (Lipinski definition) is 4. The molecule has 0 unspecified atom stereocenters. The Morgan fingerprint density at radius 1 is 1.28 bits per heavy atom. The van der Waals surface area contributed by atoms with Crippen LogP contribution >= 0.6 is 0 Å². The van der Waals surface area contributed by atoms with Gasteiger partial charge < -0.3 is 14.5 Å². The van der Waals surface area contributed by atoms with Crippen molar-refractivity contribution < 1.29 is 18.7 Å². The number of nitrogens with one attached hydrogen (secondary N) is 1. The molecule has 0 atom stereocenters. The molecule has 1 aromatic carbocycles. The van der Waals surface area contributed by atoms with E-state index in [9.17, 15) is 9.59 Å². The SMILES string of the molecule is COc1cccc2c(NC(C)=O)c(C(C)=O)oc12. The molecule has 2 rings (SSSR count). The molecule has 0 fully saturated rings. The van der Waals surface area contributed by atoms with Gasteiger partial charge in [0.05, 0.1) is 12.8 Å². The topological polar surface area (TPSA) is 68.5 Å². The number of rotatable bonds is 3. The highest BCUT2D eigenvalue weighted by Crippen LogP contribution is 2.36. The molecule has 0 bridgehead atoms. The van der Waals surface area contributed by atoms with E-state index in [0.717, 1.165) is 0 Å². The molecule has 0 saturated carbocycles. The lowest BCUT2D eigenvalue weighted by molar-refractivity contribution is -0.114. The third-order valence-corrected chi connectivity index (χ3v) is 2.52. The monoisotopic (exact) mass is 247 g/mol. The molecule has 5 heteroatoms. The van der Waals surface area contributed by atoms with Crippen LogP contribution in [0, 0.1) is 0 Å². The fourth-order valence-corrected chi connectivity index (χ4v) is 1.80. The summed E-state index contributed by atoms with van der Waals surface area (Å²) in [7, 11) is 1.52. The fourth-order valence-electron chi connectivity index (χ4n) is 1.80. The minimum atomic E-state index is -0.261. The van der Waals surface area contributed by atoms with Gasteiger partial charge in [-0.3, -0.25) is 9.59 Å². The second-order valence-electron chi connectivity index (χ2n) is 3.88. The quantitative estimate of drug-likeness (QED) is 0.846. The number of benzene rings is 1. The minimum absolute atomic E-state index is 0.129. The number of furan rings is 1. The number of carbonyl (C=O) groups excluding carboxylic acids is 2. The van der Waals surface area contributed by atoms with Gasteiger partial charge in [0.1, 0.15) is 0 Å². The van der Waals surface area contributed by atoms with Gasteiger partial charge in [-0.05, 0) is 12.1 Å². The number of ether oxygens (including phenoxy) is 1.